The average molecular weight is 343 g/mol. The molecule has 0 spiro atoms. The smallest absolute Gasteiger partial charge is 0.272 e. The minimum atomic E-state index is -0.0343. The maximum absolute atomic E-state index is 12.5. The van der Waals surface area contributed by atoms with Crippen molar-refractivity contribution in [3.05, 3.63) is 34.8 Å². The van der Waals surface area contributed by atoms with Crippen LogP contribution in [0.25, 0.3) is 0 Å². The zero-order valence-corrected chi connectivity index (χ0v) is 15.1. The topological polar surface area (TPSA) is 82.4 Å². The predicted octanol–water partition coefficient (Wildman–Crippen LogP) is 1.39. The van der Waals surface area contributed by atoms with Gasteiger partial charge in [0, 0.05) is 18.5 Å². The summed E-state index contributed by atoms with van der Waals surface area (Å²) < 4.78 is 0. The maximum atomic E-state index is 12.5. The quantitative estimate of drug-likeness (QED) is 0.622. The number of amides is 1. The van der Waals surface area contributed by atoms with E-state index >= 15 is 0 Å². The van der Waals surface area contributed by atoms with Gasteiger partial charge in [-0.1, -0.05) is 23.3 Å². The molecule has 4 aliphatic rings. The molecule has 2 heterocycles. The Morgan fingerprint density at radius 1 is 1.20 bits per heavy atom. The van der Waals surface area contributed by atoms with Gasteiger partial charge < -0.3 is 26.6 Å². The van der Waals surface area contributed by atoms with Crippen LogP contribution in [0.4, 0.5) is 0 Å². The number of allylic oxidation sites excluding steroid dienone is 3. The van der Waals surface area contributed by atoms with Gasteiger partial charge in [-0.2, -0.15) is 0 Å². The van der Waals surface area contributed by atoms with Gasteiger partial charge >= 0.3 is 0 Å². The van der Waals surface area contributed by atoms with Gasteiger partial charge in [-0.15, -0.1) is 0 Å². The van der Waals surface area contributed by atoms with Gasteiger partial charge in [-0.25, -0.2) is 0 Å². The number of nitrogens with zero attached hydrogens (tertiary/aromatic N) is 1. The highest BCUT2D eigenvalue weighted by atomic mass is 16.2. The van der Waals surface area contributed by atoms with Gasteiger partial charge in [0.05, 0.1) is 0 Å². The third-order valence-corrected chi connectivity index (χ3v) is 5.91. The van der Waals surface area contributed by atoms with Gasteiger partial charge in [-0.05, 0) is 46.0 Å². The van der Waals surface area contributed by atoms with Crippen molar-refractivity contribution in [1.29, 1.82) is 0 Å². The van der Waals surface area contributed by atoms with Crippen LogP contribution in [0.3, 0.4) is 0 Å². The van der Waals surface area contributed by atoms with E-state index in [9.17, 15) is 4.79 Å². The molecule has 1 saturated carbocycles. The number of hydrogen-bond acceptors (Lipinski definition) is 5. The third-order valence-electron chi connectivity index (χ3n) is 5.91. The lowest BCUT2D eigenvalue weighted by Gasteiger charge is -2.42. The van der Waals surface area contributed by atoms with Crippen LogP contribution in [0.15, 0.2) is 34.8 Å². The maximum Gasteiger partial charge on any atom is 0.272 e. The van der Waals surface area contributed by atoms with Crippen molar-refractivity contribution in [2.45, 2.75) is 76.8 Å². The van der Waals surface area contributed by atoms with E-state index in [0.717, 1.165) is 44.3 Å². The first-order valence-electron chi connectivity index (χ1n) is 9.50. The largest absolute Gasteiger partial charge is 0.358 e. The first-order valence-corrected chi connectivity index (χ1v) is 9.50. The van der Waals surface area contributed by atoms with Crippen molar-refractivity contribution in [3.8, 4) is 0 Å². The van der Waals surface area contributed by atoms with Gasteiger partial charge in [0.2, 0.25) is 0 Å². The summed E-state index contributed by atoms with van der Waals surface area (Å²) >= 11 is 0. The van der Waals surface area contributed by atoms with Crippen molar-refractivity contribution in [1.82, 2.24) is 20.9 Å². The van der Waals surface area contributed by atoms with E-state index in [2.05, 4.69) is 39.9 Å². The van der Waals surface area contributed by atoms with Crippen LogP contribution in [0.1, 0.15) is 52.4 Å². The summed E-state index contributed by atoms with van der Waals surface area (Å²) in [4.78, 5) is 14.7. The van der Waals surface area contributed by atoms with E-state index in [-0.39, 0.29) is 30.3 Å². The van der Waals surface area contributed by atoms with Gasteiger partial charge in [-0.3, -0.25) is 4.79 Å². The first-order chi connectivity index (χ1) is 12.0. The lowest BCUT2D eigenvalue weighted by Crippen LogP contribution is -2.59. The Bertz CT molecular complexity index is 665. The summed E-state index contributed by atoms with van der Waals surface area (Å²) in [5.74, 6) is 0.917. The average Bonchev–Trinajstić information content (AvgIpc) is 3.17. The van der Waals surface area contributed by atoms with Crippen LogP contribution in [-0.4, -0.2) is 35.2 Å². The van der Waals surface area contributed by atoms with Gasteiger partial charge in [0.1, 0.15) is 23.8 Å². The number of carbonyl (C=O) groups is 1. The van der Waals surface area contributed by atoms with E-state index in [1.54, 1.807) is 0 Å². The van der Waals surface area contributed by atoms with Crippen molar-refractivity contribution in [2.75, 3.05) is 0 Å². The summed E-state index contributed by atoms with van der Waals surface area (Å²) in [6.07, 6.45) is 10.9. The molecule has 6 nitrogen and oxygen atoms in total. The Kier molecular flexibility index (Phi) is 4.23. The molecular formula is C19H29N5O. The van der Waals surface area contributed by atoms with Crippen molar-refractivity contribution < 1.29 is 4.79 Å². The highest BCUT2D eigenvalue weighted by Crippen LogP contribution is 2.32. The second-order valence-electron chi connectivity index (χ2n) is 7.83. The molecule has 25 heavy (non-hydrogen) atoms. The molecule has 6 heteroatoms. The normalized spacial score (nSPS) is 34.8. The summed E-state index contributed by atoms with van der Waals surface area (Å²) in [5, 5.41) is 10.1. The zero-order valence-electron chi connectivity index (χ0n) is 15.1. The van der Waals surface area contributed by atoms with Crippen molar-refractivity contribution in [2.24, 2.45) is 5.73 Å². The molecule has 2 aliphatic carbocycles. The molecule has 0 bridgehead atoms. The molecule has 2 unspecified atom stereocenters. The Balaban J connectivity index is 1.52. The Labute approximate surface area is 149 Å². The highest BCUT2D eigenvalue weighted by molar-refractivity contribution is 5.95. The van der Waals surface area contributed by atoms with Gasteiger partial charge in [0.25, 0.3) is 5.91 Å². The van der Waals surface area contributed by atoms with E-state index in [1.807, 2.05) is 6.92 Å². The van der Waals surface area contributed by atoms with Crippen LogP contribution in [0.2, 0.25) is 0 Å². The fourth-order valence-corrected chi connectivity index (χ4v) is 4.50. The van der Waals surface area contributed by atoms with Crippen LogP contribution in [0, 0.1) is 0 Å². The van der Waals surface area contributed by atoms with E-state index in [0.29, 0.717) is 5.70 Å². The lowest BCUT2D eigenvalue weighted by molar-refractivity contribution is -0.121. The first kappa shape index (κ1) is 16.5. The molecule has 0 aromatic heterocycles. The summed E-state index contributed by atoms with van der Waals surface area (Å²) in [7, 11) is 0. The van der Waals surface area contributed by atoms with Crippen molar-refractivity contribution >= 4 is 5.91 Å². The number of rotatable bonds is 3. The minimum Gasteiger partial charge on any atom is -0.358 e. The number of carbonyl (C=O) groups excluding carboxylic acids is 1. The van der Waals surface area contributed by atoms with Crippen molar-refractivity contribution in [3.63, 3.8) is 0 Å². The molecule has 5 N–H and O–H groups in total. The van der Waals surface area contributed by atoms with Gasteiger partial charge in [0.15, 0.2) is 0 Å². The Hall–Kier alpha value is -1.95. The van der Waals surface area contributed by atoms with E-state index in [1.165, 1.54) is 11.1 Å². The number of nitrogens with two attached hydrogens (primary N) is 1. The molecule has 0 radical (unpaired) electrons. The van der Waals surface area contributed by atoms with E-state index < -0.39 is 0 Å². The summed E-state index contributed by atoms with van der Waals surface area (Å²) in [5.41, 5.74) is 9.87. The lowest BCUT2D eigenvalue weighted by atomic mass is 9.96. The molecule has 4 rings (SSSR count). The molecule has 4 atom stereocenters. The molecule has 1 fully saturated rings. The molecule has 0 aromatic rings. The van der Waals surface area contributed by atoms with Crippen LogP contribution < -0.4 is 21.7 Å². The second-order valence-corrected chi connectivity index (χ2v) is 7.83. The standard InChI is InChI=1S/C19H29N5O/c1-11-6-8-13(9-7-11)10-16-22-17-18(23-16)24(12(2)21-19(17)25)15-5-3-4-14(15)20/h6,8,12,14-16,22-23H,3-5,7,9-10,20H2,1-2H3,(H,21,25)/t12?,14-,15+,16?/m1/s1. The fourth-order valence-electron chi connectivity index (χ4n) is 4.50. The summed E-state index contributed by atoms with van der Waals surface area (Å²) in [6.45, 7) is 4.22. The molecule has 0 aromatic carbocycles. The number of nitrogens with one attached hydrogen (secondary N) is 3. The highest BCUT2D eigenvalue weighted by Gasteiger charge is 2.42. The molecule has 2 aliphatic heterocycles. The molecule has 136 valence electrons. The zero-order chi connectivity index (χ0) is 17.6. The predicted molar refractivity (Wildman–Crippen MR) is 97.8 cm³/mol. The fraction of sp³-hybridized carbons (Fsp3) is 0.632. The SMILES string of the molecule is CC1=CC=C(CC2NC3=C(N2)N([C@H]2CCC[C@H]2N)C(C)NC3=O)CC1. The second kappa shape index (κ2) is 6.41. The summed E-state index contributed by atoms with van der Waals surface area (Å²) in [6, 6.07) is 0.453. The third kappa shape index (κ3) is 3.03. The number of hydrogen-bond donors (Lipinski definition) is 4. The van der Waals surface area contributed by atoms with Crippen LogP contribution >= 0.6 is 0 Å². The Morgan fingerprint density at radius 2 is 2.04 bits per heavy atom. The van der Waals surface area contributed by atoms with E-state index in [4.69, 9.17) is 5.73 Å². The van der Waals surface area contributed by atoms with Crippen LogP contribution in [0.5, 0.6) is 0 Å². The molecule has 1 amide bonds. The molecular weight excluding hydrogens is 314 g/mol. The van der Waals surface area contributed by atoms with Crippen LogP contribution in [-0.2, 0) is 4.79 Å². The monoisotopic (exact) mass is 343 g/mol. The minimum absolute atomic E-state index is 0.0197. The molecule has 0 saturated heterocycles. The Morgan fingerprint density at radius 3 is 2.72 bits per heavy atom.